The standard InChI is InChI=1S/C41H25NO.C2H6/c1-2-12-27(13-3-1)38-30-15-6-8-17-32(30)39(33-18-9-7-16-31(33)38)28-22-24-36(42-25-28)34-19-10-20-37-40(34)35-23-21-26-11-4-5-14-29(26)41(35)43-37;1-2/h1-25H;1-2H3. The third-order valence-electron chi connectivity index (χ3n) is 8.71. The Bertz CT molecular complexity index is 2430. The molecule has 0 fully saturated rings. The second-order valence-corrected chi connectivity index (χ2v) is 11.1. The van der Waals surface area contributed by atoms with Gasteiger partial charge >= 0.3 is 0 Å². The average molecular weight is 578 g/mol. The first-order valence-corrected chi connectivity index (χ1v) is 15.6. The Hall–Kier alpha value is -5.73. The fraction of sp³-hybridized carbons (Fsp3) is 0.0465. The lowest BCUT2D eigenvalue weighted by atomic mass is 9.86. The molecule has 0 aliphatic carbocycles. The van der Waals surface area contributed by atoms with Gasteiger partial charge in [0.1, 0.15) is 11.2 Å². The first-order chi connectivity index (χ1) is 22.3. The van der Waals surface area contributed by atoms with Crippen molar-refractivity contribution in [1.29, 1.82) is 0 Å². The van der Waals surface area contributed by atoms with Gasteiger partial charge in [-0.15, -0.1) is 0 Å². The Morgan fingerprint density at radius 3 is 1.69 bits per heavy atom. The van der Waals surface area contributed by atoms with E-state index in [1.807, 2.05) is 20.0 Å². The molecule has 2 heterocycles. The van der Waals surface area contributed by atoms with Crippen molar-refractivity contribution < 1.29 is 4.42 Å². The molecule has 2 heteroatoms. The molecule has 2 aromatic heterocycles. The molecule has 0 unspecified atom stereocenters. The minimum absolute atomic E-state index is 0.878. The molecule has 2 nitrogen and oxygen atoms in total. The lowest BCUT2D eigenvalue weighted by Gasteiger charge is -2.17. The SMILES string of the molecule is CC.c1ccc(-c2c3ccccc3c(-c3ccc(-c4cccc5oc6c7ccccc7ccc6c45)nc3)c3ccccc23)cc1. The number of fused-ring (bicyclic) bond motifs is 7. The highest BCUT2D eigenvalue weighted by Crippen LogP contribution is 2.44. The van der Waals surface area contributed by atoms with Crippen molar-refractivity contribution in [3.63, 3.8) is 0 Å². The summed E-state index contributed by atoms with van der Waals surface area (Å²) < 4.78 is 6.44. The number of furan rings is 1. The van der Waals surface area contributed by atoms with Crippen molar-refractivity contribution in [1.82, 2.24) is 4.98 Å². The summed E-state index contributed by atoms with van der Waals surface area (Å²) in [6, 6.07) is 51.5. The van der Waals surface area contributed by atoms with Crippen molar-refractivity contribution in [2.24, 2.45) is 0 Å². The number of hydrogen-bond donors (Lipinski definition) is 0. The molecular formula is C43H31NO. The van der Waals surface area contributed by atoms with Crippen molar-refractivity contribution in [2.45, 2.75) is 13.8 Å². The maximum atomic E-state index is 6.44. The minimum Gasteiger partial charge on any atom is -0.455 e. The van der Waals surface area contributed by atoms with Crippen molar-refractivity contribution in [3.05, 3.63) is 152 Å². The van der Waals surface area contributed by atoms with Crippen LogP contribution >= 0.6 is 0 Å². The monoisotopic (exact) mass is 577 g/mol. The number of aromatic nitrogens is 1. The summed E-state index contributed by atoms with van der Waals surface area (Å²) in [5.74, 6) is 0. The van der Waals surface area contributed by atoms with Gasteiger partial charge in [-0.05, 0) is 61.8 Å². The molecule has 0 atom stereocenters. The Labute approximate surface area is 262 Å². The Kier molecular flexibility index (Phi) is 6.61. The van der Waals surface area contributed by atoms with Crippen LogP contribution in [0.4, 0.5) is 0 Å². The van der Waals surface area contributed by atoms with Gasteiger partial charge in [0, 0.05) is 33.5 Å². The summed E-state index contributed by atoms with van der Waals surface area (Å²) >= 11 is 0. The van der Waals surface area contributed by atoms with Crippen molar-refractivity contribution >= 4 is 54.3 Å². The van der Waals surface area contributed by atoms with Crippen LogP contribution in [-0.2, 0) is 0 Å². The van der Waals surface area contributed by atoms with Gasteiger partial charge in [0.05, 0.1) is 5.69 Å². The Morgan fingerprint density at radius 1 is 0.444 bits per heavy atom. The molecule has 0 amide bonds. The van der Waals surface area contributed by atoms with Crippen molar-refractivity contribution in [2.75, 3.05) is 0 Å². The molecule has 0 saturated heterocycles. The van der Waals surface area contributed by atoms with Gasteiger partial charge in [0.25, 0.3) is 0 Å². The fourth-order valence-electron chi connectivity index (χ4n) is 6.82. The molecule has 0 aliphatic rings. The third-order valence-corrected chi connectivity index (χ3v) is 8.71. The summed E-state index contributed by atoms with van der Waals surface area (Å²) in [6.45, 7) is 4.00. The van der Waals surface area contributed by atoms with E-state index < -0.39 is 0 Å². The van der Waals surface area contributed by atoms with Crippen LogP contribution < -0.4 is 0 Å². The molecular weight excluding hydrogens is 546 g/mol. The molecule has 0 radical (unpaired) electrons. The van der Waals surface area contributed by atoms with Crippen LogP contribution in [0.25, 0.3) is 87.8 Å². The van der Waals surface area contributed by atoms with Crippen LogP contribution in [0.15, 0.2) is 156 Å². The van der Waals surface area contributed by atoms with E-state index in [9.17, 15) is 0 Å². The Balaban J connectivity index is 0.00000147. The molecule has 9 aromatic rings. The molecule has 214 valence electrons. The van der Waals surface area contributed by atoms with Gasteiger partial charge in [-0.3, -0.25) is 4.98 Å². The molecule has 9 rings (SSSR count). The minimum atomic E-state index is 0.878. The largest absolute Gasteiger partial charge is 0.455 e. The zero-order chi connectivity index (χ0) is 30.3. The molecule has 0 spiro atoms. The van der Waals surface area contributed by atoms with E-state index in [1.165, 1.54) is 43.6 Å². The number of benzene rings is 7. The van der Waals surface area contributed by atoms with Gasteiger partial charge < -0.3 is 4.42 Å². The molecule has 0 saturated carbocycles. The van der Waals surface area contributed by atoms with Crippen LogP contribution in [0.5, 0.6) is 0 Å². The van der Waals surface area contributed by atoms with E-state index in [-0.39, 0.29) is 0 Å². The van der Waals surface area contributed by atoms with Crippen LogP contribution in [0.2, 0.25) is 0 Å². The molecule has 0 bridgehead atoms. The third kappa shape index (κ3) is 4.29. The van der Waals surface area contributed by atoms with E-state index in [0.717, 1.165) is 44.1 Å². The van der Waals surface area contributed by atoms with Crippen LogP contribution in [0.1, 0.15) is 13.8 Å². The lowest BCUT2D eigenvalue weighted by molar-refractivity contribution is 0.673. The number of rotatable bonds is 3. The average Bonchev–Trinajstić information content (AvgIpc) is 3.52. The van der Waals surface area contributed by atoms with Gasteiger partial charge in [-0.25, -0.2) is 0 Å². The topological polar surface area (TPSA) is 26.0 Å². The van der Waals surface area contributed by atoms with E-state index in [0.29, 0.717) is 0 Å². The summed E-state index contributed by atoms with van der Waals surface area (Å²) in [7, 11) is 0. The van der Waals surface area contributed by atoms with E-state index >= 15 is 0 Å². The molecule has 0 N–H and O–H groups in total. The highest BCUT2D eigenvalue weighted by atomic mass is 16.3. The maximum absolute atomic E-state index is 6.44. The molecule has 0 aliphatic heterocycles. The quantitative estimate of drug-likeness (QED) is 0.195. The van der Waals surface area contributed by atoms with Gasteiger partial charge in [-0.1, -0.05) is 141 Å². The first-order valence-electron chi connectivity index (χ1n) is 15.6. The summed E-state index contributed by atoms with van der Waals surface area (Å²) in [5, 5.41) is 9.46. The second kappa shape index (κ2) is 11.1. The van der Waals surface area contributed by atoms with Gasteiger partial charge in [0.2, 0.25) is 0 Å². The number of pyridine rings is 1. The fourth-order valence-corrected chi connectivity index (χ4v) is 6.82. The first kappa shape index (κ1) is 26.9. The van der Waals surface area contributed by atoms with Crippen molar-refractivity contribution in [3.8, 4) is 33.5 Å². The van der Waals surface area contributed by atoms with Gasteiger partial charge in [-0.2, -0.15) is 0 Å². The predicted molar refractivity (Wildman–Crippen MR) is 192 cm³/mol. The highest BCUT2D eigenvalue weighted by molar-refractivity contribution is 6.22. The molecule has 7 aromatic carbocycles. The number of nitrogens with zero attached hydrogens (tertiary/aromatic N) is 1. The molecule has 45 heavy (non-hydrogen) atoms. The zero-order valence-electron chi connectivity index (χ0n) is 25.3. The maximum Gasteiger partial charge on any atom is 0.143 e. The zero-order valence-corrected chi connectivity index (χ0v) is 25.3. The van der Waals surface area contributed by atoms with Gasteiger partial charge in [0.15, 0.2) is 0 Å². The number of hydrogen-bond acceptors (Lipinski definition) is 2. The second-order valence-electron chi connectivity index (χ2n) is 11.1. The summed E-state index contributed by atoms with van der Waals surface area (Å²) in [5.41, 5.74) is 8.62. The highest BCUT2D eigenvalue weighted by Gasteiger charge is 2.18. The van der Waals surface area contributed by atoms with E-state index in [1.54, 1.807) is 0 Å². The summed E-state index contributed by atoms with van der Waals surface area (Å²) in [4.78, 5) is 5.08. The smallest absolute Gasteiger partial charge is 0.143 e. The predicted octanol–water partition coefficient (Wildman–Crippen LogP) is 12.5. The van der Waals surface area contributed by atoms with E-state index in [2.05, 4.69) is 146 Å². The lowest BCUT2D eigenvalue weighted by Crippen LogP contribution is -1.92. The summed E-state index contributed by atoms with van der Waals surface area (Å²) in [6.07, 6.45) is 2.03. The van der Waals surface area contributed by atoms with E-state index in [4.69, 9.17) is 9.40 Å². The van der Waals surface area contributed by atoms with Crippen LogP contribution in [-0.4, -0.2) is 4.98 Å². The Morgan fingerprint density at radius 2 is 1.04 bits per heavy atom. The normalized spacial score (nSPS) is 11.3. The van der Waals surface area contributed by atoms with Crippen LogP contribution in [0.3, 0.4) is 0 Å². The van der Waals surface area contributed by atoms with Crippen LogP contribution in [0, 0.1) is 0 Å².